The number of anilines is 1. The SMILES string of the molecule is CCN1CCCC(NC(=O)C2CCc3ccccc3N2)C1. The number of hydrogen-bond acceptors (Lipinski definition) is 3. The first-order chi connectivity index (χ1) is 10.3. The number of fused-ring (bicyclic) bond motifs is 1. The first kappa shape index (κ1) is 14.4. The molecular formula is C17H25N3O. The summed E-state index contributed by atoms with van der Waals surface area (Å²) in [5.74, 6) is 0.160. The van der Waals surface area contributed by atoms with Crippen molar-refractivity contribution in [2.75, 3.05) is 25.0 Å². The highest BCUT2D eigenvalue weighted by Crippen LogP contribution is 2.24. The number of hydrogen-bond donors (Lipinski definition) is 2. The van der Waals surface area contributed by atoms with Crippen LogP contribution in [0.2, 0.25) is 0 Å². The Balaban J connectivity index is 1.57. The third-order valence-electron chi connectivity index (χ3n) is 4.67. The Kier molecular flexibility index (Phi) is 4.44. The first-order valence-corrected chi connectivity index (χ1v) is 8.13. The zero-order valence-corrected chi connectivity index (χ0v) is 12.8. The van der Waals surface area contributed by atoms with E-state index in [1.165, 1.54) is 12.0 Å². The highest BCUT2D eigenvalue weighted by atomic mass is 16.2. The Morgan fingerprint density at radius 1 is 1.38 bits per heavy atom. The van der Waals surface area contributed by atoms with E-state index in [9.17, 15) is 4.79 Å². The van der Waals surface area contributed by atoms with Crippen molar-refractivity contribution >= 4 is 11.6 Å². The minimum absolute atomic E-state index is 0.0862. The van der Waals surface area contributed by atoms with Gasteiger partial charge in [-0.3, -0.25) is 4.79 Å². The molecule has 1 saturated heterocycles. The Bertz CT molecular complexity index is 503. The molecule has 4 heteroatoms. The van der Waals surface area contributed by atoms with E-state index in [1.54, 1.807) is 0 Å². The Morgan fingerprint density at radius 2 is 2.24 bits per heavy atom. The van der Waals surface area contributed by atoms with Gasteiger partial charge in [0.15, 0.2) is 0 Å². The van der Waals surface area contributed by atoms with Crippen LogP contribution in [0.5, 0.6) is 0 Å². The van der Waals surface area contributed by atoms with Gasteiger partial charge in [0, 0.05) is 18.3 Å². The average Bonchev–Trinajstić information content (AvgIpc) is 2.54. The van der Waals surface area contributed by atoms with Crippen molar-refractivity contribution in [2.24, 2.45) is 0 Å². The fraction of sp³-hybridized carbons (Fsp3) is 0.588. The van der Waals surface area contributed by atoms with Gasteiger partial charge >= 0.3 is 0 Å². The number of rotatable bonds is 3. The minimum Gasteiger partial charge on any atom is -0.373 e. The van der Waals surface area contributed by atoms with Gasteiger partial charge in [0.2, 0.25) is 5.91 Å². The normalized spacial score (nSPS) is 25.8. The van der Waals surface area contributed by atoms with Crippen LogP contribution in [-0.2, 0) is 11.2 Å². The van der Waals surface area contributed by atoms with E-state index in [0.29, 0.717) is 6.04 Å². The summed E-state index contributed by atoms with van der Waals surface area (Å²) in [6.45, 7) is 5.41. The Hall–Kier alpha value is -1.55. The fourth-order valence-corrected chi connectivity index (χ4v) is 3.40. The molecule has 2 aliphatic rings. The van der Waals surface area contributed by atoms with Crippen molar-refractivity contribution in [3.8, 4) is 0 Å². The molecule has 1 aromatic carbocycles. The summed E-state index contributed by atoms with van der Waals surface area (Å²) < 4.78 is 0. The van der Waals surface area contributed by atoms with Crippen molar-refractivity contribution in [1.29, 1.82) is 0 Å². The van der Waals surface area contributed by atoms with Crippen molar-refractivity contribution in [2.45, 2.75) is 44.7 Å². The third kappa shape index (κ3) is 3.38. The van der Waals surface area contributed by atoms with Crippen LogP contribution in [0.15, 0.2) is 24.3 Å². The summed E-state index contributed by atoms with van der Waals surface area (Å²) in [5, 5.41) is 6.63. The van der Waals surface area contributed by atoms with Crippen LogP contribution < -0.4 is 10.6 Å². The molecule has 114 valence electrons. The fourth-order valence-electron chi connectivity index (χ4n) is 3.40. The number of amides is 1. The zero-order chi connectivity index (χ0) is 14.7. The van der Waals surface area contributed by atoms with Gasteiger partial charge in [-0.1, -0.05) is 25.1 Å². The average molecular weight is 287 g/mol. The minimum atomic E-state index is -0.0862. The van der Waals surface area contributed by atoms with Gasteiger partial charge in [-0.25, -0.2) is 0 Å². The number of benzene rings is 1. The van der Waals surface area contributed by atoms with Crippen molar-refractivity contribution in [3.05, 3.63) is 29.8 Å². The lowest BCUT2D eigenvalue weighted by atomic mass is 9.97. The molecule has 1 aromatic rings. The monoisotopic (exact) mass is 287 g/mol. The molecule has 2 atom stereocenters. The molecule has 0 spiro atoms. The molecule has 2 N–H and O–H groups in total. The summed E-state index contributed by atoms with van der Waals surface area (Å²) in [7, 11) is 0. The number of para-hydroxylation sites is 1. The van der Waals surface area contributed by atoms with Gasteiger partial charge in [-0.05, 0) is 50.4 Å². The number of carbonyl (C=O) groups excluding carboxylic acids is 1. The second kappa shape index (κ2) is 6.48. The molecule has 3 rings (SSSR count). The lowest BCUT2D eigenvalue weighted by molar-refractivity contribution is -0.123. The van der Waals surface area contributed by atoms with Crippen LogP contribution in [-0.4, -0.2) is 42.5 Å². The summed E-state index contributed by atoms with van der Waals surface area (Å²) in [6, 6.07) is 8.50. The highest BCUT2D eigenvalue weighted by Gasteiger charge is 2.27. The number of likely N-dealkylation sites (N-methyl/N-ethyl adjacent to an activating group) is 1. The van der Waals surface area contributed by atoms with E-state index in [4.69, 9.17) is 0 Å². The Labute approximate surface area is 126 Å². The first-order valence-electron chi connectivity index (χ1n) is 8.13. The summed E-state index contributed by atoms with van der Waals surface area (Å²) in [6.07, 6.45) is 4.14. The van der Waals surface area contributed by atoms with Crippen LogP contribution in [0.25, 0.3) is 0 Å². The van der Waals surface area contributed by atoms with Crippen LogP contribution in [0.3, 0.4) is 0 Å². The molecule has 0 aliphatic carbocycles. The molecular weight excluding hydrogens is 262 g/mol. The molecule has 2 heterocycles. The van der Waals surface area contributed by atoms with Gasteiger partial charge < -0.3 is 15.5 Å². The number of nitrogens with one attached hydrogen (secondary N) is 2. The Morgan fingerprint density at radius 3 is 3.10 bits per heavy atom. The van der Waals surface area contributed by atoms with Crippen molar-refractivity contribution < 1.29 is 4.79 Å². The predicted octanol–water partition coefficient (Wildman–Crippen LogP) is 2.01. The maximum absolute atomic E-state index is 12.5. The van der Waals surface area contributed by atoms with E-state index >= 15 is 0 Å². The molecule has 0 bridgehead atoms. The van der Waals surface area contributed by atoms with E-state index in [-0.39, 0.29) is 11.9 Å². The molecule has 1 amide bonds. The zero-order valence-electron chi connectivity index (χ0n) is 12.8. The topological polar surface area (TPSA) is 44.4 Å². The smallest absolute Gasteiger partial charge is 0.242 e. The van der Waals surface area contributed by atoms with E-state index in [1.807, 2.05) is 6.07 Å². The highest BCUT2D eigenvalue weighted by molar-refractivity contribution is 5.85. The largest absolute Gasteiger partial charge is 0.373 e. The molecule has 4 nitrogen and oxygen atoms in total. The maximum Gasteiger partial charge on any atom is 0.242 e. The third-order valence-corrected chi connectivity index (χ3v) is 4.67. The van der Waals surface area contributed by atoms with Crippen LogP contribution in [0.1, 0.15) is 31.7 Å². The summed E-state index contributed by atoms with van der Waals surface area (Å²) in [4.78, 5) is 14.9. The molecule has 2 aliphatic heterocycles. The second-order valence-electron chi connectivity index (χ2n) is 6.13. The van der Waals surface area contributed by atoms with Gasteiger partial charge in [0.25, 0.3) is 0 Å². The quantitative estimate of drug-likeness (QED) is 0.894. The molecule has 0 aromatic heterocycles. The molecule has 1 fully saturated rings. The molecule has 0 radical (unpaired) electrons. The lowest BCUT2D eigenvalue weighted by Crippen LogP contribution is -2.52. The molecule has 2 unspecified atom stereocenters. The number of carbonyl (C=O) groups is 1. The predicted molar refractivity (Wildman–Crippen MR) is 85.5 cm³/mol. The summed E-state index contributed by atoms with van der Waals surface area (Å²) in [5.41, 5.74) is 2.43. The van der Waals surface area contributed by atoms with Crippen molar-refractivity contribution in [3.63, 3.8) is 0 Å². The van der Waals surface area contributed by atoms with Crippen LogP contribution in [0.4, 0.5) is 5.69 Å². The number of piperidine rings is 1. The molecule has 0 saturated carbocycles. The van der Waals surface area contributed by atoms with Gasteiger partial charge in [-0.2, -0.15) is 0 Å². The lowest BCUT2D eigenvalue weighted by Gasteiger charge is -2.34. The van der Waals surface area contributed by atoms with E-state index < -0.39 is 0 Å². The van der Waals surface area contributed by atoms with Gasteiger partial charge in [0.1, 0.15) is 6.04 Å². The number of nitrogens with zero attached hydrogens (tertiary/aromatic N) is 1. The van der Waals surface area contributed by atoms with Crippen LogP contribution in [0, 0.1) is 0 Å². The maximum atomic E-state index is 12.5. The number of aryl methyl sites for hydroxylation is 1. The van der Waals surface area contributed by atoms with Crippen LogP contribution >= 0.6 is 0 Å². The van der Waals surface area contributed by atoms with Crippen molar-refractivity contribution in [1.82, 2.24) is 10.2 Å². The number of likely N-dealkylation sites (tertiary alicyclic amines) is 1. The van der Waals surface area contributed by atoms with E-state index in [0.717, 1.165) is 44.6 Å². The molecule has 21 heavy (non-hydrogen) atoms. The van der Waals surface area contributed by atoms with Gasteiger partial charge in [-0.15, -0.1) is 0 Å². The van der Waals surface area contributed by atoms with Gasteiger partial charge in [0.05, 0.1) is 0 Å². The second-order valence-corrected chi connectivity index (χ2v) is 6.13. The van der Waals surface area contributed by atoms with E-state index in [2.05, 4.69) is 40.7 Å². The standard InChI is InChI=1S/C17H25N3O/c1-2-20-11-5-7-14(12-20)18-17(21)16-10-9-13-6-3-4-8-15(13)19-16/h3-4,6,8,14,16,19H,2,5,7,9-12H2,1H3,(H,18,21). The summed E-state index contributed by atoms with van der Waals surface area (Å²) >= 11 is 0.